The monoisotopic (exact) mass is 423 g/mol. The number of amidine groups is 2. The Balaban J connectivity index is 1.66. The molecule has 0 saturated carbocycles. The molecule has 1 aromatic heterocycles. The molecule has 2 aliphatic rings. The van der Waals surface area contributed by atoms with Crippen molar-refractivity contribution in [2.75, 3.05) is 5.75 Å². The molecule has 1 aromatic carbocycles. The van der Waals surface area contributed by atoms with E-state index in [0.717, 1.165) is 33.6 Å². The van der Waals surface area contributed by atoms with Crippen molar-refractivity contribution >= 4 is 50.9 Å². The van der Waals surface area contributed by atoms with Crippen molar-refractivity contribution in [3.05, 3.63) is 64.5 Å². The molecule has 4 rings (SSSR count). The number of carbonyl (C=O) groups is 1. The summed E-state index contributed by atoms with van der Waals surface area (Å²) < 4.78 is 3.03. The van der Waals surface area contributed by atoms with Gasteiger partial charge in [0.05, 0.1) is 5.57 Å². The molecule has 2 aliphatic heterocycles. The molecule has 0 atom stereocenters. The van der Waals surface area contributed by atoms with Gasteiger partial charge in [0.2, 0.25) is 5.17 Å². The molecular weight excluding hydrogens is 402 g/mol. The fourth-order valence-electron chi connectivity index (χ4n) is 3.30. The first-order valence-electron chi connectivity index (χ1n) is 9.31. The second-order valence-electron chi connectivity index (χ2n) is 6.72. The SMILES string of the molecule is CCSC1=NN2C(=N)/C(=C/c3cc(C)n(Cc4ccccc4)c3C)C(=O)N=C2S1. The van der Waals surface area contributed by atoms with Gasteiger partial charge in [-0.15, -0.1) is 5.10 Å². The second-order valence-corrected chi connectivity index (χ2v) is 9.18. The van der Waals surface area contributed by atoms with Crippen LogP contribution in [0.15, 0.2) is 52.1 Å². The Morgan fingerprint density at radius 2 is 2.00 bits per heavy atom. The average molecular weight is 424 g/mol. The van der Waals surface area contributed by atoms with E-state index >= 15 is 0 Å². The van der Waals surface area contributed by atoms with Crippen molar-refractivity contribution in [3.8, 4) is 0 Å². The van der Waals surface area contributed by atoms with Gasteiger partial charge in [0.15, 0.2) is 10.2 Å². The number of thioether (sulfide) groups is 2. The number of aromatic nitrogens is 1. The first-order valence-corrected chi connectivity index (χ1v) is 11.1. The largest absolute Gasteiger partial charge is 0.344 e. The van der Waals surface area contributed by atoms with Crippen molar-refractivity contribution in [2.45, 2.75) is 27.3 Å². The number of hydrazone groups is 1. The number of carbonyl (C=O) groups excluding carboxylic acids is 1. The maximum absolute atomic E-state index is 12.6. The molecule has 1 amide bonds. The van der Waals surface area contributed by atoms with Crippen LogP contribution in [0.5, 0.6) is 0 Å². The van der Waals surface area contributed by atoms with Crippen molar-refractivity contribution in [3.63, 3.8) is 0 Å². The van der Waals surface area contributed by atoms with E-state index in [2.05, 4.69) is 33.7 Å². The number of aliphatic imine (C=N–C) groups is 1. The van der Waals surface area contributed by atoms with E-state index in [-0.39, 0.29) is 17.3 Å². The van der Waals surface area contributed by atoms with Gasteiger partial charge in [0.1, 0.15) is 0 Å². The van der Waals surface area contributed by atoms with Gasteiger partial charge < -0.3 is 4.57 Å². The molecule has 0 fully saturated rings. The molecule has 2 aromatic rings. The van der Waals surface area contributed by atoms with Crippen LogP contribution in [0.1, 0.15) is 29.4 Å². The van der Waals surface area contributed by atoms with Gasteiger partial charge in [-0.1, -0.05) is 49.0 Å². The summed E-state index contributed by atoms with van der Waals surface area (Å²) >= 11 is 2.92. The molecule has 29 heavy (non-hydrogen) atoms. The highest BCUT2D eigenvalue weighted by Crippen LogP contribution is 2.32. The maximum atomic E-state index is 12.6. The minimum atomic E-state index is -0.389. The van der Waals surface area contributed by atoms with E-state index < -0.39 is 0 Å². The van der Waals surface area contributed by atoms with Crippen LogP contribution in [0.2, 0.25) is 0 Å². The van der Waals surface area contributed by atoms with Crippen LogP contribution >= 0.6 is 23.5 Å². The summed E-state index contributed by atoms with van der Waals surface area (Å²) in [6.07, 6.45) is 1.76. The van der Waals surface area contributed by atoms with E-state index in [1.807, 2.05) is 38.1 Å². The maximum Gasteiger partial charge on any atom is 0.283 e. The molecule has 0 radical (unpaired) electrons. The molecule has 3 heterocycles. The van der Waals surface area contributed by atoms with Crippen molar-refractivity contribution in [1.29, 1.82) is 5.41 Å². The zero-order valence-electron chi connectivity index (χ0n) is 16.5. The fourth-order valence-corrected chi connectivity index (χ4v) is 5.12. The smallest absolute Gasteiger partial charge is 0.283 e. The first kappa shape index (κ1) is 19.7. The number of amides is 1. The quantitative estimate of drug-likeness (QED) is 0.736. The summed E-state index contributed by atoms with van der Waals surface area (Å²) in [5, 5.41) is 14.9. The Labute approximate surface area is 178 Å². The molecule has 0 aliphatic carbocycles. The van der Waals surface area contributed by atoms with Gasteiger partial charge in [-0.3, -0.25) is 10.2 Å². The second kappa shape index (κ2) is 8.04. The minimum Gasteiger partial charge on any atom is -0.344 e. The summed E-state index contributed by atoms with van der Waals surface area (Å²) in [6, 6.07) is 12.3. The lowest BCUT2D eigenvalue weighted by Crippen LogP contribution is -2.35. The lowest BCUT2D eigenvalue weighted by molar-refractivity contribution is -0.114. The fraction of sp³-hybridized carbons (Fsp3) is 0.238. The van der Waals surface area contributed by atoms with Crippen molar-refractivity contribution in [2.24, 2.45) is 10.1 Å². The van der Waals surface area contributed by atoms with Gasteiger partial charge in [-0.25, -0.2) is 0 Å². The normalized spacial score (nSPS) is 17.6. The Kier molecular flexibility index (Phi) is 5.47. The topological polar surface area (TPSA) is 73.8 Å². The van der Waals surface area contributed by atoms with Crippen molar-refractivity contribution < 1.29 is 4.79 Å². The first-order chi connectivity index (χ1) is 14.0. The van der Waals surface area contributed by atoms with Gasteiger partial charge in [-0.2, -0.15) is 10.0 Å². The number of hydrogen-bond acceptors (Lipinski definition) is 5. The highest BCUT2D eigenvalue weighted by Gasteiger charge is 2.35. The molecule has 0 unspecified atom stereocenters. The predicted octanol–water partition coefficient (Wildman–Crippen LogP) is 4.48. The standard InChI is InChI=1S/C21H21N5OS2/c1-4-28-21-24-26-18(22)17(19(27)23-20(26)29-21)11-16-10-13(2)25(14(16)3)12-15-8-6-5-7-9-15/h5-11,22H,4,12H2,1-3H3/b17-11-,22-18?. The third-order valence-electron chi connectivity index (χ3n) is 4.80. The molecule has 1 N–H and O–H groups in total. The highest BCUT2D eigenvalue weighted by molar-refractivity contribution is 8.45. The zero-order chi connectivity index (χ0) is 20.5. The van der Waals surface area contributed by atoms with E-state index in [9.17, 15) is 4.79 Å². The molecule has 0 bridgehead atoms. The summed E-state index contributed by atoms with van der Waals surface area (Å²) in [6.45, 7) is 6.89. The highest BCUT2D eigenvalue weighted by atomic mass is 32.2. The number of aryl methyl sites for hydroxylation is 1. The van der Waals surface area contributed by atoms with Crippen LogP contribution in [0.4, 0.5) is 0 Å². The Bertz CT molecular complexity index is 1080. The number of hydrogen-bond donors (Lipinski definition) is 1. The summed E-state index contributed by atoms with van der Waals surface area (Å²) in [5.74, 6) is 0.566. The molecule has 148 valence electrons. The number of rotatable bonds is 4. The zero-order valence-corrected chi connectivity index (χ0v) is 18.1. The minimum absolute atomic E-state index is 0.0760. The van der Waals surface area contributed by atoms with Crippen LogP contribution in [0.3, 0.4) is 0 Å². The Morgan fingerprint density at radius 1 is 1.24 bits per heavy atom. The molecular formula is C21H21N5OS2. The summed E-state index contributed by atoms with van der Waals surface area (Å²) in [7, 11) is 0. The van der Waals surface area contributed by atoms with E-state index in [0.29, 0.717) is 5.17 Å². The van der Waals surface area contributed by atoms with Crippen LogP contribution in [0.25, 0.3) is 6.08 Å². The van der Waals surface area contributed by atoms with Gasteiger partial charge in [-0.05, 0) is 54.6 Å². The summed E-state index contributed by atoms with van der Waals surface area (Å²) in [4.78, 5) is 16.8. The molecule has 6 nitrogen and oxygen atoms in total. The Hall–Kier alpha value is -2.58. The van der Waals surface area contributed by atoms with Crippen LogP contribution < -0.4 is 0 Å². The number of nitrogens with zero attached hydrogens (tertiary/aromatic N) is 4. The van der Waals surface area contributed by atoms with Gasteiger partial charge in [0.25, 0.3) is 5.91 Å². The third-order valence-corrected chi connectivity index (χ3v) is 6.72. The average Bonchev–Trinajstić information content (AvgIpc) is 3.22. The van der Waals surface area contributed by atoms with Crippen LogP contribution in [-0.4, -0.2) is 36.6 Å². The third kappa shape index (κ3) is 3.82. The number of benzene rings is 1. The van der Waals surface area contributed by atoms with Gasteiger partial charge >= 0.3 is 0 Å². The lowest BCUT2D eigenvalue weighted by atomic mass is 10.1. The van der Waals surface area contributed by atoms with Crippen LogP contribution in [-0.2, 0) is 11.3 Å². The Morgan fingerprint density at radius 3 is 2.72 bits per heavy atom. The molecule has 0 saturated heterocycles. The number of nitrogens with one attached hydrogen (secondary N) is 1. The van der Waals surface area contributed by atoms with Crippen LogP contribution in [0, 0.1) is 19.3 Å². The van der Waals surface area contributed by atoms with E-state index in [1.54, 1.807) is 17.8 Å². The summed E-state index contributed by atoms with van der Waals surface area (Å²) in [5.41, 5.74) is 4.56. The van der Waals surface area contributed by atoms with E-state index in [4.69, 9.17) is 5.41 Å². The molecule has 0 spiro atoms. The lowest BCUT2D eigenvalue weighted by Gasteiger charge is -2.20. The van der Waals surface area contributed by atoms with Crippen molar-refractivity contribution in [1.82, 2.24) is 9.58 Å². The van der Waals surface area contributed by atoms with Gasteiger partial charge in [0, 0.05) is 17.9 Å². The number of fused-ring (bicyclic) bond motifs is 1. The molecule has 8 heteroatoms. The van der Waals surface area contributed by atoms with E-state index in [1.165, 1.54) is 22.3 Å². The predicted molar refractivity (Wildman–Crippen MR) is 123 cm³/mol.